The van der Waals surface area contributed by atoms with E-state index in [1.807, 2.05) is 26.0 Å². The Hall–Kier alpha value is -0.730. The van der Waals surface area contributed by atoms with Gasteiger partial charge in [0.2, 0.25) is 0 Å². The summed E-state index contributed by atoms with van der Waals surface area (Å²) in [7, 11) is 0. The van der Waals surface area contributed by atoms with Gasteiger partial charge in [-0.15, -0.1) is 11.6 Å². The Balaban J connectivity index is 2.15. The van der Waals surface area contributed by atoms with Gasteiger partial charge in [0, 0.05) is 18.4 Å². The Morgan fingerprint density at radius 2 is 2.29 bits per heavy atom. The highest BCUT2D eigenvalue weighted by atomic mass is 35.5. The minimum absolute atomic E-state index is 0.128. The van der Waals surface area contributed by atoms with E-state index in [1.54, 1.807) is 0 Å². The minimum atomic E-state index is 0.128. The lowest BCUT2D eigenvalue weighted by Crippen LogP contribution is -2.10. The Labute approximate surface area is 108 Å². The summed E-state index contributed by atoms with van der Waals surface area (Å²) in [6, 6.07) is 8.15. The quantitative estimate of drug-likeness (QED) is 0.761. The minimum Gasteiger partial charge on any atom is -0.491 e. The van der Waals surface area contributed by atoms with Crippen LogP contribution in [0.5, 0.6) is 5.75 Å². The molecule has 0 spiro atoms. The Kier molecular flexibility index (Phi) is 4.30. The Morgan fingerprint density at radius 3 is 3.00 bits per heavy atom. The second kappa shape index (κ2) is 5.74. The summed E-state index contributed by atoms with van der Waals surface area (Å²) >= 11 is 5.97. The molecule has 1 aromatic carbocycles. The van der Waals surface area contributed by atoms with Crippen molar-refractivity contribution in [2.75, 3.05) is 12.5 Å². The van der Waals surface area contributed by atoms with Crippen LogP contribution in [0.15, 0.2) is 24.3 Å². The van der Waals surface area contributed by atoms with Crippen molar-refractivity contribution >= 4 is 11.6 Å². The third-order valence-corrected chi connectivity index (χ3v) is 3.37. The van der Waals surface area contributed by atoms with Crippen molar-refractivity contribution < 1.29 is 9.47 Å². The normalized spacial score (nSPS) is 24.2. The monoisotopic (exact) mass is 254 g/mol. The molecule has 1 saturated heterocycles. The van der Waals surface area contributed by atoms with E-state index in [0.29, 0.717) is 11.8 Å². The first-order chi connectivity index (χ1) is 8.20. The maximum Gasteiger partial charge on any atom is 0.120 e. The molecular formula is C14H19ClO2. The number of hydrogen-bond donors (Lipinski definition) is 0. The second-order valence-electron chi connectivity index (χ2n) is 4.73. The van der Waals surface area contributed by atoms with Crippen molar-refractivity contribution in [1.82, 2.24) is 0 Å². The molecule has 2 atom stereocenters. The number of ether oxygens (including phenoxy) is 2. The Bertz CT molecular complexity index is 365. The van der Waals surface area contributed by atoms with E-state index in [1.165, 1.54) is 5.56 Å². The molecule has 1 heterocycles. The molecule has 0 N–H and O–H groups in total. The first-order valence-corrected chi connectivity index (χ1v) is 6.68. The van der Waals surface area contributed by atoms with Gasteiger partial charge >= 0.3 is 0 Å². The first kappa shape index (κ1) is 12.7. The first-order valence-electron chi connectivity index (χ1n) is 6.15. The van der Waals surface area contributed by atoms with E-state index in [4.69, 9.17) is 21.1 Å². The van der Waals surface area contributed by atoms with Gasteiger partial charge in [-0.2, -0.15) is 0 Å². The standard InChI is InChI=1S/C14H19ClO2/c1-10(2)17-13-5-3-4-11(8-13)14-12(9-15)6-7-16-14/h3-5,8,10,12,14H,6-7,9H2,1-2H3. The molecule has 3 heteroatoms. The number of alkyl halides is 1. The number of benzene rings is 1. The van der Waals surface area contributed by atoms with Gasteiger partial charge in [0.1, 0.15) is 5.75 Å². The van der Waals surface area contributed by atoms with Crippen molar-refractivity contribution in [3.05, 3.63) is 29.8 Å². The van der Waals surface area contributed by atoms with E-state index in [2.05, 4.69) is 12.1 Å². The molecular weight excluding hydrogens is 236 g/mol. The maximum absolute atomic E-state index is 5.97. The molecule has 0 aliphatic carbocycles. The van der Waals surface area contributed by atoms with E-state index in [-0.39, 0.29) is 12.2 Å². The van der Waals surface area contributed by atoms with Crippen LogP contribution in [0.25, 0.3) is 0 Å². The summed E-state index contributed by atoms with van der Waals surface area (Å²) in [4.78, 5) is 0. The fourth-order valence-electron chi connectivity index (χ4n) is 2.20. The molecule has 2 rings (SSSR count). The van der Waals surface area contributed by atoms with Crippen LogP contribution >= 0.6 is 11.6 Å². The highest BCUT2D eigenvalue weighted by Gasteiger charge is 2.29. The predicted molar refractivity (Wildman–Crippen MR) is 69.7 cm³/mol. The summed E-state index contributed by atoms with van der Waals surface area (Å²) in [5, 5.41) is 0. The van der Waals surface area contributed by atoms with Gasteiger partial charge in [-0.25, -0.2) is 0 Å². The third kappa shape index (κ3) is 3.14. The van der Waals surface area contributed by atoms with Crippen LogP contribution in [0.3, 0.4) is 0 Å². The summed E-state index contributed by atoms with van der Waals surface area (Å²) in [6.45, 7) is 4.86. The molecule has 17 heavy (non-hydrogen) atoms. The molecule has 2 unspecified atom stereocenters. The lowest BCUT2D eigenvalue weighted by Gasteiger charge is -2.18. The van der Waals surface area contributed by atoms with Gasteiger partial charge in [-0.05, 0) is 38.0 Å². The lowest BCUT2D eigenvalue weighted by molar-refractivity contribution is 0.0947. The number of hydrogen-bond acceptors (Lipinski definition) is 2. The number of halogens is 1. The van der Waals surface area contributed by atoms with Gasteiger partial charge in [-0.3, -0.25) is 0 Å². The summed E-state index contributed by atoms with van der Waals surface area (Å²) < 4.78 is 11.5. The number of rotatable bonds is 4. The van der Waals surface area contributed by atoms with Crippen molar-refractivity contribution in [3.8, 4) is 5.75 Å². The molecule has 0 saturated carbocycles. The van der Waals surface area contributed by atoms with Gasteiger partial charge in [-0.1, -0.05) is 12.1 Å². The van der Waals surface area contributed by atoms with Crippen LogP contribution in [-0.2, 0) is 4.74 Å². The van der Waals surface area contributed by atoms with E-state index in [9.17, 15) is 0 Å². The van der Waals surface area contributed by atoms with Crippen LogP contribution in [0, 0.1) is 5.92 Å². The fraction of sp³-hybridized carbons (Fsp3) is 0.571. The van der Waals surface area contributed by atoms with Crippen molar-refractivity contribution in [2.45, 2.75) is 32.5 Å². The molecule has 1 aliphatic rings. The van der Waals surface area contributed by atoms with Crippen LogP contribution in [0.1, 0.15) is 31.9 Å². The van der Waals surface area contributed by atoms with Crippen LogP contribution in [0.2, 0.25) is 0 Å². The van der Waals surface area contributed by atoms with Crippen molar-refractivity contribution in [3.63, 3.8) is 0 Å². The summed E-state index contributed by atoms with van der Waals surface area (Å²) in [5.41, 5.74) is 1.17. The van der Waals surface area contributed by atoms with E-state index >= 15 is 0 Å². The zero-order chi connectivity index (χ0) is 12.3. The molecule has 1 aliphatic heterocycles. The molecule has 0 aromatic heterocycles. The highest BCUT2D eigenvalue weighted by molar-refractivity contribution is 6.18. The molecule has 2 nitrogen and oxygen atoms in total. The molecule has 1 fully saturated rings. The van der Waals surface area contributed by atoms with Crippen molar-refractivity contribution in [1.29, 1.82) is 0 Å². The maximum atomic E-state index is 5.97. The largest absolute Gasteiger partial charge is 0.491 e. The van der Waals surface area contributed by atoms with Gasteiger partial charge in [0.25, 0.3) is 0 Å². The third-order valence-electron chi connectivity index (χ3n) is 2.97. The van der Waals surface area contributed by atoms with Crippen LogP contribution in [0.4, 0.5) is 0 Å². The summed E-state index contributed by atoms with van der Waals surface area (Å²) in [5.74, 6) is 1.98. The zero-order valence-electron chi connectivity index (χ0n) is 10.4. The smallest absolute Gasteiger partial charge is 0.120 e. The van der Waals surface area contributed by atoms with Gasteiger partial charge in [0.05, 0.1) is 12.2 Å². The van der Waals surface area contributed by atoms with Crippen molar-refractivity contribution in [2.24, 2.45) is 5.92 Å². The lowest BCUT2D eigenvalue weighted by atomic mass is 9.97. The average Bonchev–Trinajstić information content (AvgIpc) is 2.76. The molecule has 0 amide bonds. The second-order valence-corrected chi connectivity index (χ2v) is 5.04. The molecule has 0 radical (unpaired) electrons. The summed E-state index contributed by atoms with van der Waals surface area (Å²) in [6.07, 6.45) is 1.37. The molecule has 0 bridgehead atoms. The predicted octanol–water partition coefficient (Wildman–Crippen LogP) is 3.79. The Morgan fingerprint density at radius 1 is 1.47 bits per heavy atom. The van der Waals surface area contributed by atoms with E-state index in [0.717, 1.165) is 18.8 Å². The van der Waals surface area contributed by atoms with Gasteiger partial charge < -0.3 is 9.47 Å². The fourth-order valence-corrected chi connectivity index (χ4v) is 2.51. The SMILES string of the molecule is CC(C)Oc1cccc(C2OCCC2CCl)c1. The molecule has 1 aromatic rings. The highest BCUT2D eigenvalue weighted by Crippen LogP contribution is 2.36. The van der Waals surface area contributed by atoms with E-state index < -0.39 is 0 Å². The van der Waals surface area contributed by atoms with Crippen LogP contribution < -0.4 is 4.74 Å². The average molecular weight is 255 g/mol. The van der Waals surface area contributed by atoms with Gasteiger partial charge in [0.15, 0.2) is 0 Å². The molecule has 94 valence electrons. The topological polar surface area (TPSA) is 18.5 Å². The zero-order valence-corrected chi connectivity index (χ0v) is 11.1. The van der Waals surface area contributed by atoms with Crippen LogP contribution in [-0.4, -0.2) is 18.6 Å².